The van der Waals surface area contributed by atoms with Gasteiger partial charge in [-0.05, 0) is 55.5 Å². The number of halogens is 3. The number of aryl methyl sites for hydroxylation is 1. The highest BCUT2D eigenvalue weighted by Gasteiger charge is 2.35. The van der Waals surface area contributed by atoms with Gasteiger partial charge in [-0.2, -0.15) is 0 Å². The zero-order valence-electron chi connectivity index (χ0n) is 14.9. The molecular formula is C17H17Cl3N4O3S2. The van der Waals surface area contributed by atoms with Gasteiger partial charge in [0.05, 0.1) is 4.90 Å². The number of hydrogen-bond donors (Lipinski definition) is 4. The number of primary sulfonamides is 1. The minimum absolute atomic E-state index is 0.0363. The predicted octanol–water partition coefficient (Wildman–Crippen LogP) is 3.06. The van der Waals surface area contributed by atoms with E-state index < -0.39 is 25.9 Å². The largest absolute Gasteiger partial charge is 0.339 e. The Labute approximate surface area is 188 Å². The van der Waals surface area contributed by atoms with Gasteiger partial charge in [-0.25, -0.2) is 13.6 Å². The monoisotopic (exact) mass is 494 g/mol. The van der Waals surface area contributed by atoms with E-state index in [2.05, 4.69) is 16.0 Å². The van der Waals surface area contributed by atoms with Crippen LogP contribution in [-0.2, 0) is 10.0 Å². The minimum Gasteiger partial charge on any atom is -0.339 e. The summed E-state index contributed by atoms with van der Waals surface area (Å²) < 4.78 is 20.7. The zero-order chi connectivity index (χ0) is 21.8. The van der Waals surface area contributed by atoms with Gasteiger partial charge in [0.15, 0.2) is 5.11 Å². The van der Waals surface area contributed by atoms with Gasteiger partial charge in [-0.15, -0.1) is 0 Å². The molecule has 0 fully saturated rings. The molecule has 1 atom stereocenters. The molecule has 2 aromatic carbocycles. The lowest BCUT2D eigenvalue weighted by Crippen LogP contribution is -2.56. The summed E-state index contributed by atoms with van der Waals surface area (Å²) in [6, 6.07) is 12.4. The van der Waals surface area contributed by atoms with Crippen molar-refractivity contribution in [2.75, 3.05) is 5.32 Å². The second kappa shape index (κ2) is 9.46. The van der Waals surface area contributed by atoms with Gasteiger partial charge in [0, 0.05) is 11.3 Å². The summed E-state index contributed by atoms with van der Waals surface area (Å²) >= 11 is 23.1. The topological polar surface area (TPSA) is 113 Å². The van der Waals surface area contributed by atoms with Crippen LogP contribution < -0.4 is 21.1 Å². The number of nitrogens with two attached hydrogens (primary N) is 1. The van der Waals surface area contributed by atoms with Gasteiger partial charge in [-0.1, -0.05) is 52.5 Å². The average Bonchev–Trinajstić information content (AvgIpc) is 2.60. The molecule has 12 heteroatoms. The van der Waals surface area contributed by atoms with Crippen molar-refractivity contribution in [2.45, 2.75) is 21.8 Å². The molecule has 0 spiro atoms. The number of benzene rings is 2. The van der Waals surface area contributed by atoms with Gasteiger partial charge in [-0.3, -0.25) is 4.79 Å². The van der Waals surface area contributed by atoms with Crippen molar-refractivity contribution in [3.05, 3.63) is 59.7 Å². The maximum atomic E-state index is 12.5. The first-order chi connectivity index (χ1) is 13.4. The highest BCUT2D eigenvalue weighted by atomic mass is 35.6. The van der Waals surface area contributed by atoms with E-state index in [1.54, 1.807) is 18.2 Å². The maximum Gasteiger partial charge on any atom is 0.252 e. The molecule has 0 aliphatic heterocycles. The van der Waals surface area contributed by atoms with Gasteiger partial charge < -0.3 is 16.0 Å². The van der Waals surface area contributed by atoms with E-state index in [1.165, 1.54) is 24.3 Å². The number of nitrogens with one attached hydrogen (secondary N) is 3. The van der Waals surface area contributed by atoms with Crippen LogP contribution in [0.5, 0.6) is 0 Å². The lowest BCUT2D eigenvalue weighted by molar-refractivity contribution is 0.0934. The van der Waals surface area contributed by atoms with Crippen LogP contribution in [0.4, 0.5) is 5.69 Å². The summed E-state index contributed by atoms with van der Waals surface area (Å²) in [4.78, 5) is 12.4. The Morgan fingerprint density at radius 3 is 2.24 bits per heavy atom. The standard InChI is InChI=1S/C17H17Cl3N4O3S2/c1-10-3-2-4-11(9-10)14(25)23-15(17(18,19)20)24-16(28)22-12-5-7-13(8-6-12)29(21,26)27/h2-9,15H,1H3,(H,23,25)(H2,21,26,27)(H2,22,24,28)/t15-/m0/s1. The molecule has 1 amide bonds. The lowest BCUT2D eigenvalue weighted by Gasteiger charge is -2.27. The van der Waals surface area contributed by atoms with E-state index in [0.717, 1.165) is 5.56 Å². The number of amides is 1. The van der Waals surface area contributed by atoms with Crippen LogP contribution in [0, 0.1) is 6.92 Å². The van der Waals surface area contributed by atoms with Gasteiger partial charge >= 0.3 is 0 Å². The lowest BCUT2D eigenvalue weighted by atomic mass is 10.1. The Hall–Kier alpha value is -1.62. The fraction of sp³-hybridized carbons (Fsp3) is 0.176. The first-order valence-electron chi connectivity index (χ1n) is 8.01. The molecule has 5 N–H and O–H groups in total. The number of anilines is 1. The van der Waals surface area contributed by atoms with E-state index in [0.29, 0.717) is 11.3 Å². The molecule has 0 aromatic heterocycles. The molecule has 156 valence electrons. The van der Waals surface area contributed by atoms with E-state index >= 15 is 0 Å². The molecule has 2 rings (SSSR count). The third-order valence-corrected chi connectivity index (χ3v) is 5.40. The Kier molecular flexibility index (Phi) is 7.72. The molecular weight excluding hydrogens is 479 g/mol. The molecule has 29 heavy (non-hydrogen) atoms. The second-order valence-electron chi connectivity index (χ2n) is 5.99. The van der Waals surface area contributed by atoms with Crippen molar-refractivity contribution < 1.29 is 13.2 Å². The number of thiocarbonyl (C=S) groups is 1. The Morgan fingerprint density at radius 1 is 1.10 bits per heavy atom. The molecule has 0 bridgehead atoms. The predicted molar refractivity (Wildman–Crippen MR) is 120 cm³/mol. The highest BCUT2D eigenvalue weighted by molar-refractivity contribution is 7.89. The Bertz CT molecular complexity index is 1010. The number of rotatable bonds is 5. The number of hydrogen-bond acceptors (Lipinski definition) is 4. The fourth-order valence-corrected chi connectivity index (χ4v) is 3.31. The summed E-state index contributed by atoms with van der Waals surface area (Å²) in [5, 5.41) is 13.2. The van der Waals surface area contributed by atoms with Crippen molar-refractivity contribution in [2.24, 2.45) is 5.14 Å². The van der Waals surface area contributed by atoms with Crippen molar-refractivity contribution in [1.29, 1.82) is 0 Å². The number of carbonyl (C=O) groups excluding carboxylic acids is 1. The molecule has 0 aliphatic carbocycles. The highest BCUT2D eigenvalue weighted by Crippen LogP contribution is 2.29. The van der Waals surface area contributed by atoms with Gasteiger partial charge in [0.2, 0.25) is 13.8 Å². The second-order valence-corrected chi connectivity index (χ2v) is 10.3. The molecule has 2 aromatic rings. The molecule has 0 unspecified atom stereocenters. The number of alkyl halides is 3. The maximum absolute atomic E-state index is 12.5. The molecule has 0 saturated carbocycles. The first kappa shape index (κ1) is 23.7. The zero-order valence-corrected chi connectivity index (χ0v) is 18.8. The van der Waals surface area contributed by atoms with Crippen LogP contribution in [0.3, 0.4) is 0 Å². The van der Waals surface area contributed by atoms with Gasteiger partial charge in [0.25, 0.3) is 5.91 Å². The van der Waals surface area contributed by atoms with E-state index in [-0.39, 0.29) is 10.0 Å². The molecule has 0 radical (unpaired) electrons. The molecule has 0 saturated heterocycles. The SMILES string of the molecule is Cc1cccc(C(=O)N[C@@H](NC(=S)Nc2ccc(S(N)(=O)=O)cc2)C(Cl)(Cl)Cl)c1. The minimum atomic E-state index is -3.81. The van der Waals surface area contributed by atoms with Crippen LogP contribution >= 0.6 is 47.0 Å². The molecule has 0 aliphatic rings. The molecule has 7 nitrogen and oxygen atoms in total. The van der Waals surface area contributed by atoms with Crippen molar-refractivity contribution in [3.8, 4) is 0 Å². The summed E-state index contributed by atoms with van der Waals surface area (Å²) in [5.41, 5.74) is 1.75. The normalized spacial score (nSPS) is 12.7. The van der Waals surface area contributed by atoms with Crippen molar-refractivity contribution >= 4 is 73.8 Å². The van der Waals surface area contributed by atoms with E-state index in [1.807, 2.05) is 13.0 Å². The Balaban J connectivity index is 2.08. The van der Waals surface area contributed by atoms with Crippen LogP contribution in [0.1, 0.15) is 15.9 Å². The fourth-order valence-electron chi connectivity index (χ4n) is 2.23. The molecule has 0 heterocycles. The number of sulfonamides is 1. The third-order valence-electron chi connectivity index (χ3n) is 3.60. The average molecular weight is 496 g/mol. The quantitative estimate of drug-likeness (QED) is 0.288. The summed E-state index contributed by atoms with van der Waals surface area (Å²) in [6.45, 7) is 1.85. The van der Waals surface area contributed by atoms with Crippen molar-refractivity contribution in [3.63, 3.8) is 0 Å². The smallest absolute Gasteiger partial charge is 0.252 e. The summed E-state index contributed by atoms with van der Waals surface area (Å²) in [5.74, 6) is -0.460. The summed E-state index contributed by atoms with van der Waals surface area (Å²) in [7, 11) is -3.81. The van der Waals surface area contributed by atoms with Crippen molar-refractivity contribution in [1.82, 2.24) is 10.6 Å². The summed E-state index contributed by atoms with van der Waals surface area (Å²) in [6.07, 6.45) is -1.15. The van der Waals surface area contributed by atoms with Crippen LogP contribution in [0.15, 0.2) is 53.4 Å². The van der Waals surface area contributed by atoms with E-state index in [4.69, 9.17) is 52.2 Å². The number of carbonyl (C=O) groups is 1. The Morgan fingerprint density at radius 2 is 1.72 bits per heavy atom. The van der Waals surface area contributed by atoms with Gasteiger partial charge in [0.1, 0.15) is 6.17 Å². The van der Waals surface area contributed by atoms with Crippen LogP contribution in [0.25, 0.3) is 0 Å². The van der Waals surface area contributed by atoms with Crippen LogP contribution in [-0.4, -0.2) is 29.4 Å². The van der Waals surface area contributed by atoms with Crippen LogP contribution in [0.2, 0.25) is 0 Å². The third kappa shape index (κ3) is 7.29. The van der Waals surface area contributed by atoms with E-state index in [9.17, 15) is 13.2 Å². The first-order valence-corrected chi connectivity index (χ1v) is 11.1.